The van der Waals surface area contributed by atoms with Crippen LogP contribution in [0.5, 0.6) is 0 Å². The minimum atomic E-state index is 1.13. The number of hydrogen-bond donors (Lipinski definition) is 0. The van der Waals surface area contributed by atoms with Crippen molar-refractivity contribution in [2.75, 3.05) is 4.90 Å². The topological polar surface area (TPSA) is 16.1 Å². The molecule has 0 saturated heterocycles. The minimum Gasteiger partial charge on any atom is -0.311 e. The molecule has 0 bridgehead atoms. The molecule has 38 heavy (non-hydrogen) atoms. The van der Waals surface area contributed by atoms with Crippen molar-refractivity contribution in [2.45, 2.75) is 0 Å². The highest BCUT2D eigenvalue weighted by atomic mass is 32.1. The van der Waals surface area contributed by atoms with E-state index in [9.17, 15) is 0 Å². The van der Waals surface area contributed by atoms with Gasteiger partial charge in [-0.2, -0.15) is 0 Å². The maximum absolute atomic E-state index is 4.29. The van der Waals surface area contributed by atoms with Gasteiger partial charge in [0.05, 0.1) is 4.70 Å². The van der Waals surface area contributed by atoms with Crippen molar-refractivity contribution < 1.29 is 0 Å². The molecule has 0 amide bonds. The Bertz CT molecular complexity index is 1840. The van der Waals surface area contributed by atoms with Gasteiger partial charge in [-0.3, -0.25) is 4.98 Å². The van der Waals surface area contributed by atoms with E-state index >= 15 is 0 Å². The molecule has 0 aliphatic heterocycles. The largest absolute Gasteiger partial charge is 0.311 e. The van der Waals surface area contributed by atoms with Gasteiger partial charge < -0.3 is 4.90 Å². The molecule has 2 aromatic heterocycles. The summed E-state index contributed by atoms with van der Waals surface area (Å²) >= 11 is 1.80. The average molecular weight is 505 g/mol. The molecule has 0 aliphatic rings. The van der Waals surface area contributed by atoms with Crippen LogP contribution < -0.4 is 4.90 Å². The number of nitrogens with zero attached hydrogens (tertiary/aromatic N) is 2. The zero-order chi connectivity index (χ0) is 25.3. The second-order valence-electron chi connectivity index (χ2n) is 9.32. The van der Waals surface area contributed by atoms with Crippen LogP contribution in [0.4, 0.5) is 17.1 Å². The Balaban J connectivity index is 1.26. The molecule has 0 radical (unpaired) electrons. The predicted molar refractivity (Wildman–Crippen MR) is 163 cm³/mol. The van der Waals surface area contributed by atoms with E-state index in [-0.39, 0.29) is 0 Å². The summed E-state index contributed by atoms with van der Waals surface area (Å²) in [6.45, 7) is 0. The lowest BCUT2D eigenvalue weighted by molar-refractivity contribution is 1.28. The molecular weight excluding hydrogens is 480 g/mol. The molecule has 0 unspecified atom stereocenters. The van der Waals surface area contributed by atoms with Crippen LogP contribution in [0.3, 0.4) is 0 Å². The van der Waals surface area contributed by atoms with Crippen LogP contribution >= 0.6 is 11.3 Å². The number of hydrogen-bond acceptors (Lipinski definition) is 3. The van der Waals surface area contributed by atoms with E-state index in [1.165, 1.54) is 42.4 Å². The second kappa shape index (κ2) is 9.62. The highest BCUT2D eigenvalue weighted by Gasteiger charge is 2.13. The van der Waals surface area contributed by atoms with Crippen LogP contribution in [0.25, 0.3) is 42.4 Å². The van der Waals surface area contributed by atoms with Gasteiger partial charge in [0.15, 0.2) is 0 Å². The van der Waals surface area contributed by atoms with E-state index in [2.05, 4.69) is 143 Å². The third-order valence-electron chi connectivity index (χ3n) is 6.98. The summed E-state index contributed by atoms with van der Waals surface area (Å²) < 4.78 is 2.52. The first kappa shape index (κ1) is 22.5. The average Bonchev–Trinajstić information content (AvgIpc) is 3.37. The molecule has 7 aromatic rings. The first-order valence-electron chi connectivity index (χ1n) is 12.7. The van der Waals surface area contributed by atoms with Gasteiger partial charge in [-0.05, 0) is 76.9 Å². The fourth-order valence-corrected chi connectivity index (χ4v) is 6.13. The predicted octanol–water partition coefficient (Wildman–Crippen LogP) is 10.3. The van der Waals surface area contributed by atoms with Gasteiger partial charge in [-0.1, -0.05) is 78.9 Å². The van der Waals surface area contributed by atoms with Gasteiger partial charge in [-0.25, -0.2) is 0 Å². The number of thiophene rings is 1. The summed E-state index contributed by atoms with van der Waals surface area (Å²) in [5, 5.41) is 2.56. The van der Waals surface area contributed by atoms with Gasteiger partial charge >= 0.3 is 0 Å². The van der Waals surface area contributed by atoms with Gasteiger partial charge in [0.2, 0.25) is 0 Å². The van der Waals surface area contributed by atoms with Crippen molar-refractivity contribution >= 4 is 48.6 Å². The Labute approximate surface area is 226 Å². The van der Waals surface area contributed by atoms with Crippen LogP contribution in [0, 0.1) is 0 Å². The van der Waals surface area contributed by atoms with Gasteiger partial charge in [0.25, 0.3) is 0 Å². The Morgan fingerprint density at radius 2 is 1.00 bits per heavy atom. The van der Waals surface area contributed by atoms with E-state index in [1.807, 2.05) is 12.4 Å². The van der Waals surface area contributed by atoms with Crippen molar-refractivity contribution in [3.8, 4) is 22.3 Å². The molecule has 0 fully saturated rings. The van der Waals surface area contributed by atoms with Crippen molar-refractivity contribution in [3.05, 3.63) is 146 Å². The van der Waals surface area contributed by atoms with Crippen LogP contribution in [-0.4, -0.2) is 4.98 Å². The monoisotopic (exact) mass is 504 g/mol. The summed E-state index contributed by atoms with van der Waals surface area (Å²) in [4.78, 5) is 6.60. The lowest BCUT2D eigenvalue weighted by atomic mass is 10.0. The van der Waals surface area contributed by atoms with E-state index in [1.54, 1.807) is 11.3 Å². The highest BCUT2D eigenvalue weighted by molar-refractivity contribution is 7.25. The second-order valence-corrected chi connectivity index (χ2v) is 10.4. The van der Waals surface area contributed by atoms with Gasteiger partial charge in [0, 0.05) is 44.9 Å². The lowest BCUT2D eigenvalue weighted by Crippen LogP contribution is -2.09. The summed E-state index contributed by atoms with van der Waals surface area (Å²) in [6, 6.07) is 47.6. The fraction of sp³-hybridized carbons (Fsp3) is 0. The van der Waals surface area contributed by atoms with Crippen molar-refractivity contribution in [1.29, 1.82) is 0 Å². The van der Waals surface area contributed by atoms with Crippen LogP contribution in [0.2, 0.25) is 0 Å². The Morgan fingerprint density at radius 1 is 0.447 bits per heavy atom. The molecule has 5 aromatic carbocycles. The van der Waals surface area contributed by atoms with E-state index in [0.29, 0.717) is 0 Å². The number of anilines is 3. The maximum atomic E-state index is 4.29. The van der Waals surface area contributed by atoms with Crippen molar-refractivity contribution in [2.24, 2.45) is 0 Å². The number of aromatic nitrogens is 1. The molecule has 2 nitrogen and oxygen atoms in total. The van der Waals surface area contributed by atoms with E-state index < -0.39 is 0 Å². The summed E-state index contributed by atoms with van der Waals surface area (Å²) in [7, 11) is 0. The Morgan fingerprint density at radius 3 is 1.68 bits per heavy atom. The van der Waals surface area contributed by atoms with Crippen molar-refractivity contribution in [3.63, 3.8) is 0 Å². The molecule has 0 aliphatic carbocycles. The van der Waals surface area contributed by atoms with E-state index in [0.717, 1.165) is 17.1 Å². The van der Waals surface area contributed by atoms with Crippen LogP contribution in [0.1, 0.15) is 0 Å². The number of rotatable bonds is 5. The molecule has 0 atom stereocenters. The SMILES string of the molecule is c1ccc(-c2ccc(N(c3ccccc3)c3ccc(-c4ccc5sc6cnccc6c5c4)cc3)cc2)cc1. The maximum Gasteiger partial charge on any atom is 0.0538 e. The van der Waals surface area contributed by atoms with Gasteiger partial charge in [0.1, 0.15) is 0 Å². The standard InChI is InChI=1S/C35H24N2S/c1-3-7-25(8-4-1)26-11-16-30(17-12-26)37(29-9-5-2-6-10-29)31-18-13-27(14-19-31)28-15-20-34-33(23-28)32-21-22-36-24-35(32)38-34/h1-24H. The molecule has 0 spiro atoms. The Hall–Kier alpha value is -4.73. The number of fused-ring (bicyclic) bond motifs is 3. The van der Waals surface area contributed by atoms with Crippen molar-refractivity contribution in [1.82, 2.24) is 4.98 Å². The zero-order valence-corrected chi connectivity index (χ0v) is 21.5. The highest BCUT2D eigenvalue weighted by Crippen LogP contribution is 2.38. The normalized spacial score (nSPS) is 11.2. The lowest BCUT2D eigenvalue weighted by Gasteiger charge is -2.26. The summed E-state index contributed by atoms with van der Waals surface area (Å²) in [6.07, 6.45) is 3.83. The molecule has 7 rings (SSSR count). The van der Waals surface area contributed by atoms with Crippen LogP contribution in [-0.2, 0) is 0 Å². The minimum absolute atomic E-state index is 1.13. The molecule has 0 saturated carbocycles. The zero-order valence-electron chi connectivity index (χ0n) is 20.7. The quantitative estimate of drug-likeness (QED) is 0.232. The first-order chi connectivity index (χ1) is 18.8. The molecule has 3 heteroatoms. The smallest absolute Gasteiger partial charge is 0.0538 e. The number of para-hydroxylation sites is 1. The third-order valence-corrected chi connectivity index (χ3v) is 8.10. The molecule has 2 heterocycles. The first-order valence-corrected chi connectivity index (χ1v) is 13.5. The molecular formula is C35H24N2S. The Kier molecular flexibility index (Phi) is 5.69. The van der Waals surface area contributed by atoms with Crippen LogP contribution in [0.15, 0.2) is 146 Å². The molecule has 0 N–H and O–H groups in total. The fourth-order valence-electron chi connectivity index (χ4n) is 5.07. The third kappa shape index (κ3) is 4.13. The molecule has 180 valence electrons. The van der Waals surface area contributed by atoms with E-state index in [4.69, 9.17) is 0 Å². The number of pyridine rings is 1. The van der Waals surface area contributed by atoms with Gasteiger partial charge in [-0.15, -0.1) is 11.3 Å². The summed E-state index contributed by atoms with van der Waals surface area (Å²) in [5.74, 6) is 0. The summed E-state index contributed by atoms with van der Waals surface area (Å²) in [5.41, 5.74) is 8.25. The number of benzene rings is 5.